The predicted molar refractivity (Wildman–Crippen MR) is 51.1 cm³/mol. The van der Waals surface area contributed by atoms with Crippen LogP contribution in [0.5, 0.6) is 0 Å². The van der Waals surface area contributed by atoms with E-state index in [-0.39, 0.29) is 6.04 Å². The van der Waals surface area contributed by atoms with Gasteiger partial charge >= 0.3 is 0 Å². The molecule has 2 N–H and O–H groups in total. The maximum absolute atomic E-state index is 11.7. The van der Waals surface area contributed by atoms with Crippen LogP contribution in [0.25, 0.3) is 0 Å². The van der Waals surface area contributed by atoms with Crippen LogP contribution in [-0.2, 0) is 4.79 Å². The highest BCUT2D eigenvalue weighted by Gasteiger charge is 2.38. The van der Waals surface area contributed by atoms with Gasteiger partial charge in [-0.15, -0.1) is 0 Å². The van der Waals surface area contributed by atoms with E-state index in [0.717, 1.165) is 32.4 Å². The standard InChI is InChI=1S/C10H18N2O/c1-2-7-5-12(6-9(7)11)10(13)8-3-4-8/h7-9H,2-6,11H2,1H3. The van der Waals surface area contributed by atoms with E-state index in [2.05, 4.69) is 6.92 Å². The van der Waals surface area contributed by atoms with Crippen LogP contribution in [0, 0.1) is 11.8 Å². The summed E-state index contributed by atoms with van der Waals surface area (Å²) >= 11 is 0. The molecule has 1 aliphatic heterocycles. The van der Waals surface area contributed by atoms with Gasteiger partial charge < -0.3 is 10.6 Å². The summed E-state index contributed by atoms with van der Waals surface area (Å²) in [5.74, 6) is 1.23. The number of nitrogens with two attached hydrogens (primary N) is 1. The first-order valence-corrected chi connectivity index (χ1v) is 5.26. The second-order valence-corrected chi connectivity index (χ2v) is 4.35. The van der Waals surface area contributed by atoms with E-state index in [9.17, 15) is 4.79 Å². The van der Waals surface area contributed by atoms with Gasteiger partial charge in [0.25, 0.3) is 0 Å². The van der Waals surface area contributed by atoms with E-state index in [0.29, 0.717) is 17.7 Å². The largest absolute Gasteiger partial charge is 0.341 e. The monoisotopic (exact) mass is 182 g/mol. The number of carbonyl (C=O) groups excluding carboxylic acids is 1. The fourth-order valence-corrected chi connectivity index (χ4v) is 2.10. The zero-order chi connectivity index (χ0) is 9.42. The minimum atomic E-state index is 0.215. The molecule has 1 saturated heterocycles. The highest BCUT2D eigenvalue weighted by molar-refractivity contribution is 5.81. The molecule has 0 aromatic rings. The Morgan fingerprint density at radius 1 is 1.46 bits per heavy atom. The third kappa shape index (κ3) is 1.70. The van der Waals surface area contributed by atoms with Gasteiger partial charge in [0.2, 0.25) is 5.91 Å². The molecule has 1 aliphatic carbocycles. The molecule has 2 rings (SSSR count). The summed E-state index contributed by atoms with van der Waals surface area (Å²) < 4.78 is 0. The lowest BCUT2D eigenvalue weighted by Crippen LogP contribution is -2.33. The Kier molecular flexibility index (Phi) is 2.28. The summed E-state index contributed by atoms with van der Waals surface area (Å²) in [6.07, 6.45) is 3.29. The van der Waals surface area contributed by atoms with Crippen molar-refractivity contribution in [1.29, 1.82) is 0 Å². The van der Waals surface area contributed by atoms with E-state index < -0.39 is 0 Å². The lowest BCUT2D eigenvalue weighted by Gasteiger charge is -2.15. The van der Waals surface area contributed by atoms with Crippen molar-refractivity contribution >= 4 is 5.91 Å². The Balaban J connectivity index is 1.92. The zero-order valence-electron chi connectivity index (χ0n) is 8.20. The summed E-state index contributed by atoms with van der Waals surface area (Å²) in [6, 6.07) is 0.215. The van der Waals surface area contributed by atoms with Gasteiger partial charge in [-0.25, -0.2) is 0 Å². The molecule has 3 heteroatoms. The molecule has 2 fully saturated rings. The molecule has 1 amide bonds. The number of hydrogen-bond donors (Lipinski definition) is 1. The van der Waals surface area contributed by atoms with Crippen LogP contribution in [0.2, 0.25) is 0 Å². The molecule has 2 atom stereocenters. The second-order valence-electron chi connectivity index (χ2n) is 4.35. The Morgan fingerprint density at radius 3 is 2.62 bits per heavy atom. The molecule has 2 unspecified atom stereocenters. The third-order valence-corrected chi connectivity index (χ3v) is 3.25. The minimum absolute atomic E-state index is 0.215. The normalized spacial score (nSPS) is 33.8. The Bertz CT molecular complexity index is 213. The van der Waals surface area contributed by atoms with E-state index in [1.807, 2.05) is 4.90 Å². The molecular weight excluding hydrogens is 164 g/mol. The van der Waals surface area contributed by atoms with Crippen LogP contribution in [0.15, 0.2) is 0 Å². The molecule has 0 radical (unpaired) electrons. The second kappa shape index (κ2) is 3.29. The van der Waals surface area contributed by atoms with Gasteiger partial charge in [-0.1, -0.05) is 13.3 Å². The average Bonchev–Trinajstić information content (AvgIpc) is 2.89. The molecule has 0 aromatic carbocycles. The van der Waals surface area contributed by atoms with Crippen molar-refractivity contribution < 1.29 is 4.79 Å². The topological polar surface area (TPSA) is 46.3 Å². The molecule has 1 heterocycles. The van der Waals surface area contributed by atoms with Crippen molar-refractivity contribution in [2.24, 2.45) is 17.6 Å². The van der Waals surface area contributed by atoms with Crippen LogP contribution in [0.4, 0.5) is 0 Å². The maximum atomic E-state index is 11.7. The smallest absolute Gasteiger partial charge is 0.225 e. The summed E-state index contributed by atoms with van der Waals surface area (Å²) in [5, 5.41) is 0. The Morgan fingerprint density at radius 2 is 2.15 bits per heavy atom. The van der Waals surface area contributed by atoms with Crippen molar-refractivity contribution in [1.82, 2.24) is 4.90 Å². The summed E-state index contributed by atoms with van der Waals surface area (Å²) in [7, 11) is 0. The van der Waals surface area contributed by atoms with Crippen LogP contribution in [0.1, 0.15) is 26.2 Å². The SMILES string of the molecule is CCC1CN(C(=O)C2CC2)CC1N. The lowest BCUT2D eigenvalue weighted by atomic mass is 10.0. The molecule has 74 valence electrons. The number of carbonyl (C=O) groups is 1. The van der Waals surface area contributed by atoms with Crippen LogP contribution < -0.4 is 5.73 Å². The third-order valence-electron chi connectivity index (χ3n) is 3.25. The highest BCUT2D eigenvalue weighted by atomic mass is 16.2. The molecule has 13 heavy (non-hydrogen) atoms. The molecule has 0 aromatic heterocycles. The first kappa shape index (κ1) is 9.00. The van der Waals surface area contributed by atoms with Gasteiger partial charge in [0.05, 0.1) is 0 Å². The van der Waals surface area contributed by atoms with E-state index in [1.54, 1.807) is 0 Å². The number of likely N-dealkylation sites (tertiary alicyclic amines) is 1. The average molecular weight is 182 g/mol. The highest BCUT2D eigenvalue weighted by Crippen LogP contribution is 2.33. The fourth-order valence-electron chi connectivity index (χ4n) is 2.10. The van der Waals surface area contributed by atoms with Crippen LogP contribution >= 0.6 is 0 Å². The van der Waals surface area contributed by atoms with Gasteiger partial charge in [-0.2, -0.15) is 0 Å². The van der Waals surface area contributed by atoms with Crippen LogP contribution in [-0.4, -0.2) is 29.9 Å². The molecule has 0 spiro atoms. The summed E-state index contributed by atoms with van der Waals surface area (Å²) in [6.45, 7) is 3.83. The number of amides is 1. The van der Waals surface area contributed by atoms with Crippen molar-refractivity contribution in [3.05, 3.63) is 0 Å². The molecule has 1 saturated carbocycles. The quantitative estimate of drug-likeness (QED) is 0.679. The molecule has 3 nitrogen and oxygen atoms in total. The lowest BCUT2D eigenvalue weighted by molar-refractivity contribution is -0.131. The van der Waals surface area contributed by atoms with Gasteiger partial charge in [0.15, 0.2) is 0 Å². The Labute approximate surface area is 79.3 Å². The fraction of sp³-hybridized carbons (Fsp3) is 0.900. The predicted octanol–water partition coefficient (Wildman–Crippen LogP) is 0.592. The first-order valence-electron chi connectivity index (χ1n) is 5.26. The van der Waals surface area contributed by atoms with Gasteiger partial charge in [-0.05, 0) is 18.8 Å². The van der Waals surface area contributed by atoms with E-state index in [4.69, 9.17) is 5.73 Å². The zero-order valence-corrected chi connectivity index (χ0v) is 8.20. The van der Waals surface area contributed by atoms with E-state index >= 15 is 0 Å². The van der Waals surface area contributed by atoms with Crippen molar-refractivity contribution in [3.8, 4) is 0 Å². The van der Waals surface area contributed by atoms with Crippen LogP contribution in [0.3, 0.4) is 0 Å². The van der Waals surface area contributed by atoms with Gasteiger partial charge in [-0.3, -0.25) is 4.79 Å². The minimum Gasteiger partial charge on any atom is -0.341 e. The van der Waals surface area contributed by atoms with Gasteiger partial charge in [0.1, 0.15) is 0 Å². The first-order chi connectivity index (χ1) is 6.22. The van der Waals surface area contributed by atoms with Gasteiger partial charge in [0, 0.05) is 25.0 Å². The molecular formula is C10H18N2O. The van der Waals surface area contributed by atoms with Crippen molar-refractivity contribution in [2.75, 3.05) is 13.1 Å². The van der Waals surface area contributed by atoms with E-state index in [1.165, 1.54) is 0 Å². The summed E-state index contributed by atoms with van der Waals surface area (Å²) in [5.41, 5.74) is 5.94. The van der Waals surface area contributed by atoms with Crippen molar-refractivity contribution in [2.45, 2.75) is 32.2 Å². The molecule has 2 aliphatic rings. The summed E-state index contributed by atoms with van der Waals surface area (Å²) in [4.78, 5) is 13.7. The maximum Gasteiger partial charge on any atom is 0.225 e. The number of nitrogens with zero attached hydrogens (tertiary/aromatic N) is 1. The van der Waals surface area contributed by atoms with Crippen molar-refractivity contribution in [3.63, 3.8) is 0 Å². The Hall–Kier alpha value is -0.570. The number of rotatable bonds is 2. The number of hydrogen-bond acceptors (Lipinski definition) is 2. The molecule has 0 bridgehead atoms.